The molecule has 0 unspecified atom stereocenters. The summed E-state index contributed by atoms with van der Waals surface area (Å²) in [4.78, 5) is 0. The molecule has 4 aromatic carbocycles. The summed E-state index contributed by atoms with van der Waals surface area (Å²) in [5.74, 6) is 0. The van der Waals surface area contributed by atoms with Crippen molar-refractivity contribution in [2.45, 2.75) is 135 Å². The second kappa shape index (κ2) is 14.8. The van der Waals surface area contributed by atoms with Crippen molar-refractivity contribution in [1.29, 1.82) is 0 Å². The van der Waals surface area contributed by atoms with Gasteiger partial charge in [-0.1, -0.05) is 96.1 Å². The standard InChI is InChI=1S/C19H24.C14H22.C11H16/c1-12-7-18(8-13(2)16(12)5)11-19-9-14(3)17(6)15(4)10-19;1-13(2,3)11-8-7-9-12(10-11)14(4,5)6;1-7-6-8(2)10(4)11(5)9(7)3/h7-10H,11H2,1-6H3;7-10H,1-6H3;6H,1-5H3. The highest BCUT2D eigenvalue weighted by atomic mass is 14.2. The Kier molecular flexibility index (Phi) is 12.4. The van der Waals surface area contributed by atoms with Gasteiger partial charge in [-0.15, -0.1) is 0 Å². The lowest BCUT2D eigenvalue weighted by atomic mass is 9.81. The van der Waals surface area contributed by atoms with E-state index in [-0.39, 0.29) is 10.8 Å². The van der Waals surface area contributed by atoms with Crippen LogP contribution in [0.4, 0.5) is 0 Å². The van der Waals surface area contributed by atoms with Crippen LogP contribution in [0.2, 0.25) is 0 Å². The highest BCUT2D eigenvalue weighted by molar-refractivity contribution is 5.44. The quantitative estimate of drug-likeness (QED) is 0.218. The van der Waals surface area contributed by atoms with E-state index in [1.807, 2.05) is 0 Å². The largest absolute Gasteiger partial charge is 0.0617 e. The minimum atomic E-state index is 0.251. The van der Waals surface area contributed by atoms with Gasteiger partial charge in [-0.05, 0) is 177 Å². The van der Waals surface area contributed by atoms with Crippen LogP contribution in [0.15, 0.2) is 54.6 Å². The highest BCUT2D eigenvalue weighted by Crippen LogP contribution is 2.28. The van der Waals surface area contributed by atoms with E-state index in [0.29, 0.717) is 0 Å². The predicted molar refractivity (Wildman–Crippen MR) is 198 cm³/mol. The molecule has 0 aliphatic rings. The first-order valence-electron chi connectivity index (χ1n) is 16.4. The van der Waals surface area contributed by atoms with Crippen LogP contribution in [-0.4, -0.2) is 0 Å². The number of benzene rings is 4. The molecule has 0 nitrogen and oxygen atoms in total. The second-order valence-corrected chi connectivity index (χ2v) is 15.4. The third-order valence-electron chi connectivity index (χ3n) is 9.72. The van der Waals surface area contributed by atoms with Crippen molar-refractivity contribution in [2.75, 3.05) is 0 Å². The van der Waals surface area contributed by atoms with Gasteiger partial charge in [-0.25, -0.2) is 0 Å². The Bertz CT molecular complexity index is 1420. The molecule has 4 rings (SSSR count). The van der Waals surface area contributed by atoms with Gasteiger partial charge in [0.2, 0.25) is 0 Å². The Balaban J connectivity index is 0.000000240. The van der Waals surface area contributed by atoms with Gasteiger partial charge in [0, 0.05) is 0 Å². The molecule has 0 heteroatoms. The van der Waals surface area contributed by atoms with E-state index in [0.717, 1.165) is 6.42 Å². The van der Waals surface area contributed by atoms with Crippen LogP contribution in [0.3, 0.4) is 0 Å². The molecule has 0 spiro atoms. The smallest absolute Gasteiger partial charge is 0.00254 e. The summed E-state index contributed by atoms with van der Waals surface area (Å²) >= 11 is 0. The first-order valence-corrected chi connectivity index (χ1v) is 16.4. The van der Waals surface area contributed by atoms with Crippen molar-refractivity contribution in [3.8, 4) is 0 Å². The molecule has 0 aliphatic heterocycles. The molecule has 0 aliphatic carbocycles. The van der Waals surface area contributed by atoms with Gasteiger partial charge >= 0.3 is 0 Å². The first kappa shape index (κ1) is 37.1. The van der Waals surface area contributed by atoms with Crippen LogP contribution in [0.5, 0.6) is 0 Å². The van der Waals surface area contributed by atoms with Crippen LogP contribution in [-0.2, 0) is 17.3 Å². The molecule has 0 fully saturated rings. The molecule has 0 heterocycles. The van der Waals surface area contributed by atoms with Crippen LogP contribution in [0, 0.1) is 76.2 Å². The lowest BCUT2D eigenvalue weighted by molar-refractivity contribution is 0.568. The second-order valence-electron chi connectivity index (χ2n) is 15.4. The van der Waals surface area contributed by atoms with Gasteiger partial charge in [-0.2, -0.15) is 0 Å². The van der Waals surface area contributed by atoms with E-state index in [9.17, 15) is 0 Å². The Hall–Kier alpha value is -3.12. The normalized spacial score (nSPS) is 11.4. The Morgan fingerprint density at radius 2 is 0.659 bits per heavy atom. The van der Waals surface area contributed by atoms with Crippen molar-refractivity contribution in [3.05, 3.63) is 138 Å². The Morgan fingerprint density at radius 3 is 0.955 bits per heavy atom. The summed E-state index contributed by atoms with van der Waals surface area (Å²) < 4.78 is 0. The maximum Gasteiger partial charge on any atom is -0.00254 e. The topological polar surface area (TPSA) is 0 Å². The van der Waals surface area contributed by atoms with Crippen molar-refractivity contribution >= 4 is 0 Å². The third kappa shape index (κ3) is 9.95. The van der Waals surface area contributed by atoms with Gasteiger partial charge in [0.05, 0.1) is 0 Å². The van der Waals surface area contributed by atoms with Crippen LogP contribution < -0.4 is 0 Å². The third-order valence-corrected chi connectivity index (χ3v) is 9.72. The maximum absolute atomic E-state index is 2.33. The van der Waals surface area contributed by atoms with E-state index in [1.54, 1.807) is 0 Å². The molecule has 0 atom stereocenters. The van der Waals surface area contributed by atoms with E-state index in [2.05, 4.69) is 172 Å². The summed E-state index contributed by atoms with van der Waals surface area (Å²) in [5.41, 5.74) is 21.8. The molecule has 0 radical (unpaired) electrons. The van der Waals surface area contributed by atoms with Gasteiger partial charge in [-0.3, -0.25) is 0 Å². The lowest BCUT2D eigenvalue weighted by Crippen LogP contribution is -2.15. The van der Waals surface area contributed by atoms with E-state index in [1.165, 1.54) is 83.5 Å². The molecular formula is C44H62. The Labute approximate surface area is 272 Å². The highest BCUT2D eigenvalue weighted by Gasteiger charge is 2.18. The summed E-state index contributed by atoms with van der Waals surface area (Å²) in [7, 11) is 0. The number of rotatable bonds is 2. The van der Waals surface area contributed by atoms with Gasteiger partial charge in [0.1, 0.15) is 0 Å². The fourth-order valence-corrected chi connectivity index (χ4v) is 5.56. The molecular weight excluding hydrogens is 528 g/mol. The first-order chi connectivity index (χ1) is 20.1. The van der Waals surface area contributed by atoms with Crippen molar-refractivity contribution in [3.63, 3.8) is 0 Å². The summed E-state index contributed by atoms with van der Waals surface area (Å²) in [6.45, 7) is 37.7. The van der Waals surface area contributed by atoms with Crippen molar-refractivity contribution in [2.24, 2.45) is 0 Å². The van der Waals surface area contributed by atoms with E-state index < -0.39 is 0 Å². The molecule has 238 valence electrons. The zero-order valence-electron chi connectivity index (χ0n) is 31.4. The van der Waals surface area contributed by atoms with Crippen LogP contribution >= 0.6 is 0 Å². The average molecular weight is 591 g/mol. The molecule has 0 saturated heterocycles. The number of hydrogen-bond acceptors (Lipinski definition) is 0. The predicted octanol–water partition coefficient (Wildman–Crippen LogP) is 12.6. The molecule has 0 amide bonds. The van der Waals surface area contributed by atoms with Crippen LogP contribution in [0.25, 0.3) is 0 Å². The van der Waals surface area contributed by atoms with Crippen LogP contribution in [0.1, 0.15) is 125 Å². The summed E-state index contributed by atoms with van der Waals surface area (Å²) in [6.07, 6.45) is 1.03. The fourth-order valence-electron chi connectivity index (χ4n) is 5.56. The van der Waals surface area contributed by atoms with Crippen molar-refractivity contribution in [1.82, 2.24) is 0 Å². The minimum absolute atomic E-state index is 0.251. The fraction of sp³-hybridized carbons (Fsp3) is 0.455. The van der Waals surface area contributed by atoms with E-state index >= 15 is 0 Å². The molecule has 0 saturated carbocycles. The molecule has 0 bridgehead atoms. The minimum Gasteiger partial charge on any atom is -0.0617 e. The Morgan fingerprint density at radius 1 is 0.364 bits per heavy atom. The zero-order valence-corrected chi connectivity index (χ0v) is 31.4. The lowest BCUT2D eigenvalue weighted by Gasteiger charge is -2.24. The van der Waals surface area contributed by atoms with Crippen molar-refractivity contribution < 1.29 is 0 Å². The maximum atomic E-state index is 2.33. The molecule has 0 N–H and O–H groups in total. The SMILES string of the molecule is CC(C)(C)c1cccc(C(C)(C)C)c1.Cc1cc(C)c(C)c(C)c1C.Cc1cc(Cc2cc(C)c(C)c(C)c2)cc(C)c1C. The number of hydrogen-bond donors (Lipinski definition) is 0. The van der Waals surface area contributed by atoms with Gasteiger partial charge in [0.15, 0.2) is 0 Å². The van der Waals surface area contributed by atoms with Gasteiger partial charge < -0.3 is 0 Å². The average Bonchev–Trinajstić information content (AvgIpc) is 2.92. The summed E-state index contributed by atoms with van der Waals surface area (Å²) in [5, 5.41) is 0. The zero-order chi connectivity index (χ0) is 33.7. The number of aryl methyl sites for hydroxylation is 6. The monoisotopic (exact) mass is 590 g/mol. The molecule has 4 aromatic rings. The van der Waals surface area contributed by atoms with E-state index in [4.69, 9.17) is 0 Å². The molecule has 44 heavy (non-hydrogen) atoms. The molecule has 0 aromatic heterocycles. The van der Waals surface area contributed by atoms with Gasteiger partial charge in [0.25, 0.3) is 0 Å². The summed E-state index contributed by atoms with van der Waals surface area (Å²) in [6, 6.07) is 20.5.